The number of rotatable bonds is 8. The second-order valence-electron chi connectivity index (χ2n) is 5.96. The summed E-state index contributed by atoms with van der Waals surface area (Å²) in [4.78, 5) is 24.2. The number of ether oxygens (including phenoxy) is 2. The van der Waals surface area contributed by atoms with Crippen LogP contribution in [0.1, 0.15) is 34.3 Å². The molecule has 0 bridgehead atoms. The molecule has 1 amide bonds. The highest BCUT2D eigenvalue weighted by Gasteiger charge is 2.29. The number of Topliss-reactive ketones (excluding diaryl/α,β-unsaturated/α-hetero) is 1. The van der Waals surface area contributed by atoms with Gasteiger partial charge in [-0.3, -0.25) is 9.59 Å². The molecule has 2 aromatic carbocycles. The van der Waals surface area contributed by atoms with Gasteiger partial charge in [0.2, 0.25) is 5.91 Å². The minimum atomic E-state index is -4.40. The number of benzene rings is 2. The molecular formula is C20H20F3NO4. The quantitative estimate of drug-likeness (QED) is 0.686. The molecule has 0 spiro atoms. The molecule has 0 fully saturated rings. The van der Waals surface area contributed by atoms with E-state index in [1.54, 1.807) is 18.2 Å². The van der Waals surface area contributed by atoms with E-state index in [2.05, 4.69) is 5.32 Å². The lowest BCUT2D eigenvalue weighted by Gasteiger charge is -2.10. The number of carbonyl (C=O) groups is 2. The minimum Gasteiger partial charge on any atom is -0.493 e. The van der Waals surface area contributed by atoms with Gasteiger partial charge in [0.15, 0.2) is 17.3 Å². The lowest BCUT2D eigenvalue weighted by atomic mass is 10.1. The molecule has 28 heavy (non-hydrogen) atoms. The second-order valence-corrected chi connectivity index (χ2v) is 5.96. The summed E-state index contributed by atoms with van der Waals surface area (Å²) >= 11 is 0. The number of hydrogen-bond acceptors (Lipinski definition) is 4. The first kappa shape index (κ1) is 21.3. The smallest absolute Gasteiger partial charge is 0.416 e. The van der Waals surface area contributed by atoms with Crippen LogP contribution in [0.3, 0.4) is 0 Å². The summed E-state index contributed by atoms with van der Waals surface area (Å²) in [5.41, 5.74) is 0.184. The molecule has 0 saturated carbocycles. The number of amides is 1. The van der Waals surface area contributed by atoms with E-state index in [-0.39, 0.29) is 31.1 Å². The van der Waals surface area contributed by atoms with Crippen LogP contribution in [0.25, 0.3) is 0 Å². The standard InChI is InChI=1S/C20H20F3NO4/c1-27-17-9-5-14(11-18(17)28-2)16(25)8-10-19(26)24-12-13-3-6-15(7-4-13)20(21,22)23/h3-7,9,11H,8,10,12H2,1-2H3,(H,24,26). The van der Waals surface area contributed by atoms with E-state index >= 15 is 0 Å². The van der Waals surface area contributed by atoms with Crippen molar-refractivity contribution < 1.29 is 32.2 Å². The molecule has 0 aliphatic heterocycles. The van der Waals surface area contributed by atoms with Gasteiger partial charge in [-0.05, 0) is 35.9 Å². The molecule has 0 heterocycles. The van der Waals surface area contributed by atoms with Gasteiger partial charge in [-0.1, -0.05) is 12.1 Å². The number of hydrogen-bond donors (Lipinski definition) is 1. The maximum Gasteiger partial charge on any atom is 0.416 e. The van der Waals surface area contributed by atoms with Crippen LogP contribution in [0, 0.1) is 0 Å². The van der Waals surface area contributed by atoms with Crippen molar-refractivity contribution in [3.8, 4) is 11.5 Å². The summed E-state index contributed by atoms with van der Waals surface area (Å²) in [5, 5.41) is 2.59. The monoisotopic (exact) mass is 395 g/mol. The first-order chi connectivity index (χ1) is 13.2. The Kier molecular flexibility index (Phi) is 7.03. The van der Waals surface area contributed by atoms with E-state index in [0.29, 0.717) is 22.6 Å². The van der Waals surface area contributed by atoms with Gasteiger partial charge in [-0.25, -0.2) is 0 Å². The molecule has 0 radical (unpaired) electrons. The summed E-state index contributed by atoms with van der Waals surface area (Å²) in [5.74, 6) is 0.313. The third-order valence-electron chi connectivity index (χ3n) is 4.06. The summed E-state index contributed by atoms with van der Waals surface area (Å²) in [7, 11) is 2.95. The number of ketones is 1. The minimum absolute atomic E-state index is 0.00563. The van der Waals surface area contributed by atoms with Crippen LogP contribution < -0.4 is 14.8 Å². The Morgan fingerprint density at radius 1 is 0.929 bits per heavy atom. The van der Waals surface area contributed by atoms with Gasteiger partial charge in [0.25, 0.3) is 0 Å². The molecule has 8 heteroatoms. The SMILES string of the molecule is COc1ccc(C(=O)CCC(=O)NCc2ccc(C(F)(F)F)cc2)cc1OC. The van der Waals surface area contributed by atoms with Gasteiger partial charge in [0, 0.05) is 24.9 Å². The molecule has 0 unspecified atom stereocenters. The van der Waals surface area contributed by atoms with Crippen molar-refractivity contribution >= 4 is 11.7 Å². The highest BCUT2D eigenvalue weighted by Crippen LogP contribution is 2.29. The van der Waals surface area contributed by atoms with E-state index in [9.17, 15) is 22.8 Å². The molecule has 150 valence electrons. The number of alkyl halides is 3. The van der Waals surface area contributed by atoms with Crippen molar-refractivity contribution in [2.75, 3.05) is 14.2 Å². The average Bonchev–Trinajstić information content (AvgIpc) is 2.69. The number of methoxy groups -OCH3 is 2. The molecule has 2 aromatic rings. The normalized spacial score (nSPS) is 11.0. The number of nitrogens with one attached hydrogen (secondary N) is 1. The summed E-state index contributed by atoms with van der Waals surface area (Å²) < 4.78 is 47.8. The maximum atomic E-state index is 12.5. The Hall–Kier alpha value is -3.03. The van der Waals surface area contributed by atoms with Crippen LogP contribution >= 0.6 is 0 Å². The van der Waals surface area contributed by atoms with Gasteiger partial charge < -0.3 is 14.8 Å². The summed E-state index contributed by atoms with van der Waals surface area (Å²) in [6.45, 7) is 0.0848. The van der Waals surface area contributed by atoms with E-state index < -0.39 is 11.7 Å². The van der Waals surface area contributed by atoms with Gasteiger partial charge in [0.1, 0.15) is 0 Å². The summed E-state index contributed by atoms with van der Waals surface area (Å²) in [6, 6.07) is 9.27. The van der Waals surface area contributed by atoms with Gasteiger partial charge in [-0.15, -0.1) is 0 Å². The van der Waals surface area contributed by atoms with Gasteiger partial charge >= 0.3 is 6.18 Å². The van der Waals surface area contributed by atoms with Crippen LogP contribution in [0.5, 0.6) is 11.5 Å². The largest absolute Gasteiger partial charge is 0.493 e. The van der Waals surface area contributed by atoms with Gasteiger partial charge in [-0.2, -0.15) is 13.2 Å². The van der Waals surface area contributed by atoms with Crippen LogP contribution in [-0.4, -0.2) is 25.9 Å². The third-order valence-corrected chi connectivity index (χ3v) is 4.06. The molecule has 5 nitrogen and oxygen atoms in total. The van der Waals surface area contributed by atoms with Crippen LogP contribution in [0.2, 0.25) is 0 Å². The predicted octanol–water partition coefficient (Wildman–Crippen LogP) is 4.00. The van der Waals surface area contributed by atoms with E-state index in [0.717, 1.165) is 12.1 Å². The van der Waals surface area contributed by atoms with Crippen molar-refractivity contribution in [1.29, 1.82) is 0 Å². The van der Waals surface area contributed by atoms with Crippen molar-refractivity contribution in [2.45, 2.75) is 25.6 Å². The van der Waals surface area contributed by atoms with E-state index in [1.807, 2.05) is 0 Å². The first-order valence-electron chi connectivity index (χ1n) is 8.42. The zero-order chi connectivity index (χ0) is 20.7. The first-order valence-corrected chi connectivity index (χ1v) is 8.42. The molecule has 1 N–H and O–H groups in total. The van der Waals surface area contributed by atoms with Gasteiger partial charge in [0.05, 0.1) is 19.8 Å². The number of halogens is 3. The molecule has 0 aliphatic carbocycles. The Balaban J connectivity index is 1.84. The van der Waals surface area contributed by atoms with Crippen molar-refractivity contribution in [3.63, 3.8) is 0 Å². The molecule has 0 aromatic heterocycles. The topological polar surface area (TPSA) is 64.6 Å². The van der Waals surface area contributed by atoms with Crippen LogP contribution in [-0.2, 0) is 17.5 Å². The van der Waals surface area contributed by atoms with Crippen LogP contribution in [0.4, 0.5) is 13.2 Å². The Labute approximate surface area is 160 Å². The Morgan fingerprint density at radius 2 is 1.57 bits per heavy atom. The highest BCUT2D eigenvalue weighted by atomic mass is 19.4. The fraction of sp³-hybridized carbons (Fsp3) is 0.300. The van der Waals surface area contributed by atoms with Crippen molar-refractivity contribution in [2.24, 2.45) is 0 Å². The maximum absolute atomic E-state index is 12.5. The average molecular weight is 395 g/mol. The lowest BCUT2D eigenvalue weighted by Crippen LogP contribution is -2.23. The fourth-order valence-corrected chi connectivity index (χ4v) is 2.48. The predicted molar refractivity (Wildman–Crippen MR) is 96.4 cm³/mol. The second kappa shape index (κ2) is 9.25. The zero-order valence-electron chi connectivity index (χ0n) is 15.4. The summed E-state index contributed by atoms with van der Waals surface area (Å²) in [6.07, 6.45) is -4.44. The molecule has 0 saturated heterocycles. The van der Waals surface area contributed by atoms with E-state index in [4.69, 9.17) is 9.47 Å². The van der Waals surface area contributed by atoms with E-state index in [1.165, 1.54) is 26.4 Å². The third kappa shape index (κ3) is 5.73. The van der Waals surface area contributed by atoms with Crippen molar-refractivity contribution in [3.05, 3.63) is 59.2 Å². The Morgan fingerprint density at radius 3 is 2.14 bits per heavy atom. The molecule has 0 atom stereocenters. The fourth-order valence-electron chi connectivity index (χ4n) is 2.48. The highest BCUT2D eigenvalue weighted by molar-refractivity contribution is 5.98. The lowest BCUT2D eigenvalue weighted by molar-refractivity contribution is -0.137. The zero-order valence-corrected chi connectivity index (χ0v) is 15.4. The molecular weight excluding hydrogens is 375 g/mol. The number of carbonyl (C=O) groups excluding carboxylic acids is 2. The van der Waals surface area contributed by atoms with Crippen LogP contribution in [0.15, 0.2) is 42.5 Å². The molecule has 2 rings (SSSR count). The van der Waals surface area contributed by atoms with Crippen molar-refractivity contribution in [1.82, 2.24) is 5.32 Å². The molecule has 0 aliphatic rings. The Bertz CT molecular complexity index is 832.